The van der Waals surface area contributed by atoms with E-state index in [1.54, 1.807) is 12.1 Å². The Balaban J connectivity index is 1.87. The van der Waals surface area contributed by atoms with Gasteiger partial charge >= 0.3 is 0 Å². The highest BCUT2D eigenvalue weighted by molar-refractivity contribution is 6.13. The summed E-state index contributed by atoms with van der Waals surface area (Å²) >= 11 is 0. The lowest BCUT2D eigenvalue weighted by molar-refractivity contribution is -0.385. The molecule has 0 saturated carbocycles. The van der Waals surface area contributed by atoms with Crippen molar-refractivity contribution in [1.29, 1.82) is 0 Å². The highest BCUT2D eigenvalue weighted by Crippen LogP contribution is 2.33. The van der Waals surface area contributed by atoms with Gasteiger partial charge in [-0.25, -0.2) is 4.98 Å². The Morgan fingerprint density at radius 3 is 2.71 bits per heavy atom. The fourth-order valence-electron chi connectivity index (χ4n) is 2.84. The van der Waals surface area contributed by atoms with E-state index in [2.05, 4.69) is 10.3 Å². The van der Waals surface area contributed by atoms with E-state index in [9.17, 15) is 14.9 Å². The molecule has 6 heteroatoms. The lowest BCUT2D eigenvalue weighted by atomic mass is 10.0. The number of nitrogens with zero attached hydrogens (tertiary/aromatic N) is 2. The number of carbonyl (C=O) groups excluding carboxylic acids is 1. The molecule has 1 aliphatic heterocycles. The van der Waals surface area contributed by atoms with Gasteiger partial charge in [-0.2, -0.15) is 0 Å². The van der Waals surface area contributed by atoms with Crippen molar-refractivity contribution in [3.8, 4) is 0 Å². The number of hydrogen-bond donors (Lipinski definition) is 1. The van der Waals surface area contributed by atoms with Crippen LogP contribution in [0, 0.1) is 10.1 Å². The Hall–Kier alpha value is -3.54. The number of benzene rings is 2. The van der Waals surface area contributed by atoms with Crippen molar-refractivity contribution in [2.24, 2.45) is 0 Å². The summed E-state index contributed by atoms with van der Waals surface area (Å²) in [6, 6.07) is 15.9. The summed E-state index contributed by atoms with van der Waals surface area (Å²) in [5.41, 5.74) is 2.34. The van der Waals surface area contributed by atoms with Crippen LogP contribution in [0.4, 0.5) is 5.69 Å². The van der Waals surface area contributed by atoms with E-state index in [0.717, 1.165) is 10.9 Å². The Bertz CT molecular complexity index is 1040. The van der Waals surface area contributed by atoms with Gasteiger partial charge in [-0.1, -0.05) is 30.3 Å². The first-order valence-electron chi connectivity index (χ1n) is 7.30. The molecule has 0 aliphatic carbocycles. The molecule has 0 radical (unpaired) electrons. The molecule has 1 aromatic heterocycles. The minimum atomic E-state index is -0.485. The molecule has 3 aromatic rings. The molecular formula is C18H11N3O3. The zero-order valence-corrected chi connectivity index (χ0v) is 12.4. The first kappa shape index (κ1) is 14.1. The largest absolute Gasteiger partial charge is 0.321 e. The molecule has 2 aromatic carbocycles. The molecular weight excluding hydrogens is 306 g/mol. The molecule has 0 fully saturated rings. The summed E-state index contributed by atoms with van der Waals surface area (Å²) in [4.78, 5) is 27.4. The number of aromatic nitrogens is 1. The van der Waals surface area contributed by atoms with Gasteiger partial charge in [-0.05, 0) is 24.3 Å². The smallest absolute Gasteiger partial charge is 0.279 e. The quantitative estimate of drug-likeness (QED) is 0.580. The first-order chi connectivity index (χ1) is 11.6. The predicted octanol–water partition coefficient (Wildman–Crippen LogP) is 3.38. The van der Waals surface area contributed by atoms with Crippen molar-refractivity contribution >= 4 is 34.3 Å². The molecule has 6 nitrogen and oxygen atoms in total. The second-order valence-corrected chi connectivity index (χ2v) is 5.40. The maximum Gasteiger partial charge on any atom is 0.279 e. The molecule has 24 heavy (non-hydrogen) atoms. The molecule has 0 atom stereocenters. The van der Waals surface area contributed by atoms with Gasteiger partial charge in [0, 0.05) is 11.5 Å². The van der Waals surface area contributed by atoms with E-state index >= 15 is 0 Å². The Kier molecular flexibility index (Phi) is 3.09. The second-order valence-electron chi connectivity index (χ2n) is 5.40. The van der Waals surface area contributed by atoms with Crippen LogP contribution in [-0.4, -0.2) is 15.8 Å². The standard InChI is InChI=1S/C18H11N3O3/c22-18-13-5-3-7-16(21(23)24)17(13)15(20-18)10-12-9-8-11-4-1-2-6-14(11)19-12/h1-10H,(H,20,22)/b15-10-. The van der Waals surface area contributed by atoms with Gasteiger partial charge in [0.1, 0.15) is 0 Å². The summed E-state index contributed by atoms with van der Waals surface area (Å²) in [6.07, 6.45) is 1.66. The third-order valence-corrected chi connectivity index (χ3v) is 3.91. The van der Waals surface area contributed by atoms with Gasteiger partial charge in [0.15, 0.2) is 0 Å². The van der Waals surface area contributed by atoms with Crippen LogP contribution in [0.5, 0.6) is 0 Å². The number of nitrogens with one attached hydrogen (secondary N) is 1. The van der Waals surface area contributed by atoms with E-state index in [-0.39, 0.29) is 11.6 Å². The monoisotopic (exact) mass is 317 g/mol. The Morgan fingerprint density at radius 1 is 1.04 bits per heavy atom. The first-order valence-corrected chi connectivity index (χ1v) is 7.30. The average Bonchev–Trinajstić information content (AvgIpc) is 2.91. The van der Waals surface area contributed by atoms with Gasteiger partial charge in [0.05, 0.1) is 33.0 Å². The van der Waals surface area contributed by atoms with Gasteiger partial charge in [-0.3, -0.25) is 14.9 Å². The van der Waals surface area contributed by atoms with Crippen molar-refractivity contribution in [1.82, 2.24) is 10.3 Å². The molecule has 0 saturated heterocycles. The number of carbonyl (C=O) groups is 1. The lowest BCUT2D eigenvalue weighted by Gasteiger charge is -2.03. The summed E-state index contributed by atoms with van der Waals surface area (Å²) in [7, 11) is 0. The molecule has 116 valence electrons. The van der Waals surface area contributed by atoms with E-state index in [4.69, 9.17) is 0 Å². The SMILES string of the molecule is O=C1N/C(=C\c2ccc3ccccc3n2)c2c1cccc2[N+](=O)[O-]. The number of fused-ring (bicyclic) bond motifs is 2. The maximum atomic E-state index is 12.1. The minimum Gasteiger partial charge on any atom is -0.321 e. The third kappa shape index (κ3) is 2.21. The third-order valence-electron chi connectivity index (χ3n) is 3.91. The van der Waals surface area contributed by atoms with Gasteiger partial charge in [0.2, 0.25) is 0 Å². The molecule has 1 N–H and O–H groups in total. The van der Waals surface area contributed by atoms with Gasteiger partial charge in [0.25, 0.3) is 11.6 Å². The van der Waals surface area contributed by atoms with E-state index < -0.39 is 4.92 Å². The van der Waals surface area contributed by atoms with Crippen LogP contribution in [0.3, 0.4) is 0 Å². The van der Waals surface area contributed by atoms with Gasteiger partial charge in [-0.15, -0.1) is 0 Å². The van der Waals surface area contributed by atoms with Crippen molar-refractivity contribution in [2.75, 3.05) is 0 Å². The maximum absolute atomic E-state index is 12.1. The number of rotatable bonds is 2. The lowest BCUT2D eigenvalue weighted by Crippen LogP contribution is -2.12. The summed E-state index contributed by atoms with van der Waals surface area (Å²) in [6.45, 7) is 0. The van der Waals surface area contributed by atoms with Crippen molar-refractivity contribution < 1.29 is 9.72 Å². The molecule has 0 spiro atoms. The predicted molar refractivity (Wildman–Crippen MR) is 90.2 cm³/mol. The van der Waals surface area contributed by atoms with Crippen molar-refractivity contribution in [3.63, 3.8) is 0 Å². The second kappa shape index (κ2) is 5.27. The van der Waals surface area contributed by atoms with Crippen LogP contribution in [0.25, 0.3) is 22.7 Å². The molecule has 0 bridgehead atoms. The zero-order chi connectivity index (χ0) is 16.7. The van der Waals surface area contributed by atoms with Crippen LogP contribution in [0.1, 0.15) is 21.6 Å². The number of nitro benzene ring substituents is 1. The highest BCUT2D eigenvalue weighted by Gasteiger charge is 2.31. The molecule has 4 rings (SSSR count). The summed E-state index contributed by atoms with van der Waals surface area (Å²) in [5.74, 6) is -0.347. The number of para-hydroxylation sites is 1. The zero-order valence-electron chi connectivity index (χ0n) is 12.4. The molecule has 1 aliphatic rings. The summed E-state index contributed by atoms with van der Waals surface area (Å²) in [5, 5.41) is 15.0. The topological polar surface area (TPSA) is 85.1 Å². The normalized spacial score (nSPS) is 14.7. The number of pyridine rings is 1. The summed E-state index contributed by atoms with van der Waals surface area (Å²) < 4.78 is 0. The van der Waals surface area contributed by atoms with Crippen LogP contribution in [0.15, 0.2) is 54.6 Å². The van der Waals surface area contributed by atoms with Crippen molar-refractivity contribution in [3.05, 3.63) is 81.5 Å². The number of nitro groups is 1. The fraction of sp³-hybridized carbons (Fsp3) is 0. The minimum absolute atomic E-state index is 0.0992. The molecule has 0 unspecified atom stereocenters. The van der Waals surface area contributed by atoms with Crippen LogP contribution < -0.4 is 5.32 Å². The van der Waals surface area contributed by atoms with Crippen LogP contribution in [0.2, 0.25) is 0 Å². The van der Waals surface area contributed by atoms with Gasteiger partial charge < -0.3 is 5.32 Å². The molecule has 1 amide bonds. The number of amides is 1. The Labute approximate surface area is 136 Å². The van der Waals surface area contributed by atoms with Crippen LogP contribution in [-0.2, 0) is 0 Å². The van der Waals surface area contributed by atoms with E-state index in [1.807, 2.05) is 36.4 Å². The van der Waals surface area contributed by atoms with Crippen molar-refractivity contribution in [2.45, 2.75) is 0 Å². The highest BCUT2D eigenvalue weighted by atomic mass is 16.6. The van der Waals surface area contributed by atoms with Crippen LogP contribution >= 0.6 is 0 Å². The molecule has 2 heterocycles. The van der Waals surface area contributed by atoms with E-state index in [0.29, 0.717) is 22.5 Å². The fourth-order valence-corrected chi connectivity index (χ4v) is 2.84. The van der Waals surface area contributed by atoms with E-state index in [1.165, 1.54) is 12.1 Å². The average molecular weight is 317 g/mol. The Morgan fingerprint density at radius 2 is 1.88 bits per heavy atom. The number of hydrogen-bond acceptors (Lipinski definition) is 4.